The molecule has 0 bridgehead atoms. The lowest BCUT2D eigenvalue weighted by Gasteiger charge is -2.05. The summed E-state index contributed by atoms with van der Waals surface area (Å²) < 4.78 is 5.13. The smallest absolute Gasteiger partial charge is 0.258 e. The summed E-state index contributed by atoms with van der Waals surface area (Å²) in [5.41, 5.74) is 0.468. The Bertz CT molecular complexity index is 457. The molecule has 0 fully saturated rings. The molecule has 1 rings (SSSR count). The number of nitriles is 2. The van der Waals surface area contributed by atoms with Gasteiger partial charge in [-0.05, 0) is 18.2 Å². The molecule has 5 heteroatoms. The zero-order valence-corrected chi connectivity index (χ0v) is 8.43. The second-order valence-corrected chi connectivity index (χ2v) is 2.86. The highest BCUT2D eigenvalue weighted by molar-refractivity contribution is 5.77. The van der Waals surface area contributed by atoms with Crippen molar-refractivity contribution in [2.75, 3.05) is 13.2 Å². The number of benzene rings is 1. The fourth-order valence-electron chi connectivity index (χ4n) is 0.993. The lowest BCUT2D eigenvalue weighted by molar-refractivity contribution is -0.122. The van der Waals surface area contributed by atoms with Gasteiger partial charge in [-0.15, -0.1) is 0 Å². The first kappa shape index (κ1) is 11.5. The van der Waals surface area contributed by atoms with Crippen molar-refractivity contribution in [3.05, 3.63) is 29.8 Å². The standard InChI is InChI=1S/C11H9N3O2/c12-4-5-14-11(15)8-16-10-3-1-2-9(6-10)7-13/h1-3,6H,5,8H2,(H,14,15). The highest BCUT2D eigenvalue weighted by atomic mass is 16.5. The number of carbonyl (C=O) groups is 1. The molecule has 0 unspecified atom stereocenters. The van der Waals surface area contributed by atoms with Gasteiger partial charge in [0.15, 0.2) is 6.61 Å². The van der Waals surface area contributed by atoms with Gasteiger partial charge >= 0.3 is 0 Å². The van der Waals surface area contributed by atoms with Crippen molar-refractivity contribution in [2.24, 2.45) is 0 Å². The molecule has 0 radical (unpaired) electrons. The number of rotatable bonds is 4. The Balaban J connectivity index is 2.46. The molecule has 0 spiro atoms. The van der Waals surface area contributed by atoms with Gasteiger partial charge in [-0.3, -0.25) is 4.79 Å². The zero-order chi connectivity index (χ0) is 11.8. The number of nitrogens with zero attached hydrogens (tertiary/aromatic N) is 2. The molecule has 0 atom stereocenters. The minimum Gasteiger partial charge on any atom is -0.484 e. The predicted molar refractivity (Wildman–Crippen MR) is 55.3 cm³/mol. The Morgan fingerprint density at radius 2 is 2.25 bits per heavy atom. The molecule has 80 valence electrons. The van der Waals surface area contributed by atoms with E-state index >= 15 is 0 Å². The first-order chi connectivity index (χ1) is 7.76. The van der Waals surface area contributed by atoms with Gasteiger partial charge in [-0.1, -0.05) is 6.07 Å². The number of carbonyl (C=O) groups excluding carboxylic acids is 1. The predicted octanol–water partition coefficient (Wildman–Crippen LogP) is 0.577. The molecule has 16 heavy (non-hydrogen) atoms. The van der Waals surface area contributed by atoms with Crippen LogP contribution in [0.2, 0.25) is 0 Å². The second-order valence-electron chi connectivity index (χ2n) is 2.86. The first-order valence-electron chi connectivity index (χ1n) is 4.53. The summed E-state index contributed by atoms with van der Waals surface area (Å²) in [5.74, 6) is 0.0788. The van der Waals surface area contributed by atoms with Crippen LogP contribution in [0.4, 0.5) is 0 Å². The topological polar surface area (TPSA) is 85.9 Å². The summed E-state index contributed by atoms with van der Waals surface area (Å²) in [6, 6.07) is 10.2. The summed E-state index contributed by atoms with van der Waals surface area (Å²) in [5, 5.41) is 19.2. The van der Waals surface area contributed by atoms with E-state index in [9.17, 15) is 4.79 Å². The molecule has 0 aliphatic rings. The Labute approximate surface area is 92.9 Å². The molecular weight excluding hydrogens is 206 g/mol. The van der Waals surface area contributed by atoms with Crippen LogP contribution in [0.25, 0.3) is 0 Å². The Kier molecular flexibility index (Phi) is 4.36. The van der Waals surface area contributed by atoms with Gasteiger partial charge in [0.2, 0.25) is 0 Å². The largest absolute Gasteiger partial charge is 0.484 e. The van der Waals surface area contributed by atoms with Crippen LogP contribution in [0.15, 0.2) is 24.3 Å². The molecular formula is C11H9N3O2. The van der Waals surface area contributed by atoms with Crippen molar-refractivity contribution < 1.29 is 9.53 Å². The van der Waals surface area contributed by atoms with Crippen molar-refractivity contribution in [2.45, 2.75) is 0 Å². The number of hydrogen-bond donors (Lipinski definition) is 1. The van der Waals surface area contributed by atoms with Crippen molar-refractivity contribution in [1.82, 2.24) is 5.32 Å². The molecule has 1 aromatic carbocycles. The van der Waals surface area contributed by atoms with Gasteiger partial charge in [-0.2, -0.15) is 10.5 Å². The molecule has 0 aromatic heterocycles. The average Bonchev–Trinajstić information content (AvgIpc) is 2.34. The van der Waals surface area contributed by atoms with Crippen molar-refractivity contribution in [3.63, 3.8) is 0 Å². The maximum atomic E-state index is 11.1. The van der Waals surface area contributed by atoms with E-state index in [1.54, 1.807) is 24.3 Å². The van der Waals surface area contributed by atoms with Crippen LogP contribution in [0.3, 0.4) is 0 Å². The van der Waals surface area contributed by atoms with Crippen LogP contribution < -0.4 is 10.1 Å². The summed E-state index contributed by atoms with van der Waals surface area (Å²) in [6.45, 7) is -0.211. The summed E-state index contributed by atoms with van der Waals surface area (Å²) in [7, 11) is 0. The molecule has 1 N–H and O–H groups in total. The Morgan fingerprint density at radius 3 is 2.94 bits per heavy atom. The summed E-state index contributed by atoms with van der Waals surface area (Å²) in [4.78, 5) is 11.1. The molecule has 1 aromatic rings. The van der Waals surface area contributed by atoms with Gasteiger partial charge in [0.25, 0.3) is 5.91 Å². The third kappa shape index (κ3) is 3.69. The van der Waals surface area contributed by atoms with E-state index in [-0.39, 0.29) is 19.1 Å². The van der Waals surface area contributed by atoms with Gasteiger partial charge in [0.05, 0.1) is 17.7 Å². The van der Waals surface area contributed by atoms with Crippen LogP contribution in [0.1, 0.15) is 5.56 Å². The van der Waals surface area contributed by atoms with E-state index in [4.69, 9.17) is 15.3 Å². The van der Waals surface area contributed by atoms with Crippen molar-refractivity contribution in [1.29, 1.82) is 10.5 Å². The van der Waals surface area contributed by atoms with E-state index in [2.05, 4.69) is 5.32 Å². The Hall–Kier alpha value is -2.53. The number of ether oxygens (including phenoxy) is 1. The lowest BCUT2D eigenvalue weighted by Crippen LogP contribution is -2.29. The highest BCUT2D eigenvalue weighted by Gasteiger charge is 2.02. The van der Waals surface area contributed by atoms with E-state index < -0.39 is 0 Å². The molecule has 1 amide bonds. The Morgan fingerprint density at radius 1 is 1.44 bits per heavy atom. The van der Waals surface area contributed by atoms with Gasteiger partial charge in [0, 0.05) is 0 Å². The second kappa shape index (κ2) is 6.05. The minimum atomic E-state index is -0.371. The minimum absolute atomic E-state index is 0.0412. The van der Waals surface area contributed by atoms with Crippen LogP contribution in [0.5, 0.6) is 5.75 Å². The molecule has 0 aliphatic carbocycles. The maximum absolute atomic E-state index is 11.1. The number of hydrogen-bond acceptors (Lipinski definition) is 4. The van der Waals surface area contributed by atoms with Crippen molar-refractivity contribution >= 4 is 5.91 Å². The zero-order valence-electron chi connectivity index (χ0n) is 8.43. The molecule has 0 saturated heterocycles. The van der Waals surface area contributed by atoms with Crippen molar-refractivity contribution in [3.8, 4) is 17.9 Å². The SMILES string of the molecule is N#CCNC(=O)COc1cccc(C#N)c1. The van der Waals surface area contributed by atoms with Gasteiger partial charge in [-0.25, -0.2) is 0 Å². The van der Waals surface area contributed by atoms with Gasteiger partial charge in [0.1, 0.15) is 12.3 Å². The van der Waals surface area contributed by atoms with Crippen LogP contribution >= 0.6 is 0 Å². The summed E-state index contributed by atoms with van der Waals surface area (Å²) in [6.07, 6.45) is 0. The maximum Gasteiger partial charge on any atom is 0.258 e. The van der Waals surface area contributed by atoms with Gasteiger partial charge < -0.3 is 10.1 Å². The number of nitrogens with one attached hydrogen (secondary N) is 1. The average molecular weight is 215 g/mol. The molecule has 0 aliphatic heterocycles. The molecule has 0 saturated carbocycles. The first-order valence-corrected chi connectivity index (χ1v) is 4.53. The van der Waals surface area contributed by atoms with E-state index in [1.807, 2.05) is 6.07 Å². The van der Waals surface area contributed by atoms with Crippen LogP contribution in [-0.2, 0) is 4.79 Å². The summed E-state index contributed by atoms with van der Waals surface area (Å²) >= 11 is 0. The van der Waals surface area contributed by atoms with E-state index in [0.29, 0.717) is 11.3 Å². The lowest BCUT2D eigenvalue weighted by atomic mass is 10.2. The monoisotopic (exact) mass is 215 g/mol. The van der Waals surface area contributed by atoms with Crippen LogP contribution in [-0.4, -0.2) is 19.1 Å². The number of amides is 1. The quantitative estimate of drug-likeness (QED) is 0.744. The molecule has 5 nitrogen and oxygen atoms in total. The fourth-order valence-corrected chi connectivity index (χ4v) is 0.993. The van der Waals surface area contributed by atoms with E-state index in [1.165, 1.54) is 6.07 Å². The normalized spacial score (nSPS) is 8.62. The van der Waals surface area contributed by atoms with E-state index in [0.717, 1.165) is 0 Å². The fraction of sp³-hybridized carbons (Fsp3) is 0.182. The third-order valence-corrected chi connectivity index (χ3v) is 1.70. The molecule has 0 heterocycles. The van der Waals surface area contributed by atoms with Crippen LogP contribution in [0, 0.1) is 22.7 Å². The highest BCUT2D eigenvalue weighted by Crippen LogP contribution is 2.11. The third-order valence-electron chi connectivity index (χ3n) is 1.70.